The van der Waals surface area contributed by atoms with Crippen LogP contribution in [0.5, 0.6) is 0 Å². The quantitative estimate of drug-likeness (QED) is 0.375. The highest BCUT2D eigenvalue weighted by molar-refractivity contribution is 4.90. The van der Waals surface area contributed by atoms with E-state index in [1.165, 1.54) is 25.7 Å². The van der Waals surface area contributed by atoms with Gasteiger partial charge in [-0.05, 0) is 43.4 Å². The SMILES string of the molecule is C=CC[C@H]1CCCC[C@@H]1[C@@H](OCOCC)C(C)(C)C. The van der Waals surface area contributed by atoms with E-state index in [-0.39, 0.29) is 11.5 Å². The standard InChI is InChI=1S/C17H32O2/c1-6-10-14-11-8-9-12-15(14)16(17(3,4)5)19-13-18-7-2/h6,14-16H,1,7-13H2,2-5H3/t14-,15-,16+/m0/s1. The first-order valence-corrected chi connectivity index (χ1v) is 7.81. The molecule has 3 atom stereocenters. The normalized spacial score (nSPS) is 26.1. The zero-order valence-electron chi connectivity index (χ0n) is 13.3. The Morgan fingerprint density at radius 1 is 1.26 bits per heavy atom. The molecule has 0 heterocycles. The topological polar surface area (TPSA) is 18.5 Å². The van der Waals surface area contributed by atoms with Gasteiger partial charge in [-0.15, -0.1) is 6.58 Å². The van der Waals surface area contributed by atoms with E-state index in [0.717, 1.165) is 18.9 Å². The number of rotatable bonds is 7. The molecule has 1 rings (SSSR count). The van der Waals surface area contributed by atoms with E-state index in [4.69, 9.17) is 9.47 Å². The van der Waals surface area contributed by atoms with Crippen LogP contribution in [0.1, 0.15) is 59.8 Å². The highest BCUT2D eigenvalue weighted by Gasteiger charge is 2.38. The van der Waals surface area contributed by atoms with Crippen molar-refractivity contribution in [3.63, 3.8) is 0 Å². The Kier molecular flexibility index (Phi) is 7.09. The minimum atomic E-state index is 0.165. The monoisotopic (exact) mass is 268 g/mol. The fourth-order valence-electron chi connectivity index (χ4n) is 3.36. The molecule has 2 nitrogen and oxygen atoms in total. The molecule has 112 valence electrons. The molecular formula is C17H32O2. The zero-order chi connectivity index (χ0) is 14.3. The average molecular weight is 268 g/mol. The van der Waals surface area contributed by atoms with Crippen LogP contribution in [-0.2, 0) is 9.47 Å². The van der Waals surface area contributed by atoms with Crippen LogP contribution in [0, 0.1) is 17.3 Å². The van der Waals surface area contributed by atoms with Crippen molar-refractivity contribution < 1.29 is 9.47 Å². The largest absolute Gasteiger partial charge is 0.356 e. The molecular weight excluding hydrogens is 236 g/mol. The zero-order valence-corrected chi connectivity index (χ0v) is 13.3. The molecule has 0 bridgehead atoms. The lowest BCUT2D eigenvalue weighted by molar-refractivity contribution is -0.150. The number of hydrogen-bond acceptors (Lipinski definition) is 2. The van der Waals surface area contributed by atoms with Gasteiger partial charge < -0.3 is 9.47 Å². The molecule has 0 unspecified atom stereocenters. The van der Waals surface area contributed by atoms with Gasteiger partial charge in [0.05, 0.1) is 6.10 Å². The van der Waals surface area contributed by atoms with E-state index in [0.29, 0.717) is 12.7 Å². The second-order valence-corrected chi connectivity index (χ2v) is 6.80. The molecule has 0 aromatic heterocycles. The highest BCUT2D eigenvalue weighted by atomic mass is 16.7. The Labute approximate surface area is 119 Å². The van der Waals surface area contributed by atoms with E-state index in [2.05, 4.69) is 33.4 Å². The molecule has 0 aliphatic heterocycles. The Bertz CT molecular complexity index is 254. The molecule has 1 aliphatic rings. The summed E-state index contributed by atoms with van der Waals surface area (Å²) in [5.74, 6) is 1.38. The van der Waals surface area contributed by atoms with Crippen LogP contribution in [-0.4, -0.2) is 19.5 Å². The summed E-state index contributed by atoms with van der Waals surface area (Å²) in [5, 5.41) is 0. The van der Waals surface area contributed by atoms with Gasteiger partial charge >= 0.3 is 0 Å². The van der Waals surface area contributed by atoms with Crippen molar-refractivity contribution in [2.75, 3.05) is 13.4 Å². The van der Waals surface area contributed by atoms with Gasteiger partial charge in [0.2, 0.25) is 0 Å². The average Bonchev–Trinajstić information content (AvgIpc) is 2.35. The van der Waals surface area contributed by atoms with Crippen LogP contribution in [0.2, 0.25) is 0 Å². The second kappa shape index (κ2) is 8.06. The smallest absolute Gasteiger partial charge is 0.147 e. The van der Waals surface area contributed by atoms with Gasteiger partial charge in [0.15, 0.2) is 0 Å². The first kappa shape index (κ1) is 16.7. The number of allylic oxidation sites excluding steroid dienone is 1. The van der Waals surface area contributed by atoms with Gasteiger partial charge in [0.25, 0.3) is 0 Å². The van der Waals surface area contributed by atoms with Crippen molar-refractivity contribution in [2.24, 2.45) is 17.3 Å². The van der Waals surface area contributed by atoms with Crippen LogP contribution in [0.15, 0.2) is 12.7 Å². The summed E-state index contributed by atoms with van der Waals surface area (Å²) in [4.78, 5) is 0. The summed E-state index contributed by atoms with van der Waals surface area (Å²) < 4.78 is 11.5. The minimum absolute atomic E-state index is 0.165. The van der Waals surface area contributed by atoms with E-state index in [9.17, 15) is 0 Å². The molecule has 2 heteroatoms. The van der Waals surface area contributed by atoms with Crippen molar-refractivity contribution in [2.45, 2.75) is 65.9 Å². The van der Waals surface area contributed by atoms with Crippen LogP contribution < -0.4 is 0 Å². The van der Waals surface area contributed by atoms with Gasteiger partial charge in [-0.3, -0.25) is 0 Å². The summed E-state index contributed by atoms with van der Waals surface area (Å²) in [6, 6.07) is 0. The van der Waals surface area contributed by atoms with Crippen LogP contribution in [0.25, 0.3) is 0 Å². The van der Waals surface area contributed by atoms with Crippen molar-refractivity contribution in [1.29, 1.82) is 0 Å². The molecule has 0 amide bonds. The Hall–Kier alpha value is -0.340. The molecule has 0 saturated heterocycles. The van der Waals surface area contributed by atoms with E-state index >= 15 is 0 Å². The molecule has 1 fully saturated rings. The lowest BCUT2D eigenvalue weighted by Gasteiger charge is -2.42. The Morgan fingerprint density at radius 2 is 1.95 bits per heavy atom. The molecule has 1 aliphatic carbocycles. The van der Waals surface area contributed by atoms with Crippen LogP contribution >= 0.6 is 0 Å². The van der Waals surface area contributed by atoms with Gasteiger partial charge in [-0.1, -0.05) is 39.7 Å². The third kappa shape index (κ3) is 5.27. The van der Waals surface area contributed by atoms with Crippen molar-refractivity contribution in [3.8, 4) is 0 Å². The van der Waals surface area contributed by atoms with Gasteiger partial charge in [-0.25, -0.2) is 0 Å². The predicted octanol–water partition coefficient (Wildman–Crippen LogP) is 4.79. The lowest BCUT2D eigenvalue weighted by atomic mass is 9.68. The van der Waals surface area contributed by atoms with E-state index in [1.807, 2.05) is 6.92 Å². The van der Waals surface area contributed by atoms with Gasteiger partial charge in [-0.2, -0.15) is 0 Å². The fourth-order valence-corrected chi connectivity index (χ4v) is 3.36. The Balaban J connectivity index is 2.72. The van der Waals surface area contributed by atoms with Crippen LogP contribution in [0.3, 0.4) is 0 Å². The summed E-state index contributed by atoms with van der Waals surface area (Å²) in [6.45, 7) is 13.9. The molecule has 0 aromatic carbocycles. The third-order valence-corrected chi connectivity index (χ3v) is 4.21. The molecule has 0 aromatic rings. The van der Waals surface area contributed by atoms with E-state index in [1.54, 1.807) is 0 Å². The third-order valence-electron chi connectivity index (χ3n) is 4.21. The predicted molar refractivity (Wildman–Crippen MR) is 81.1 cm³/mol. The number of hydrogen-bond donors (Lipinski definition) is 0. The minimum Gasteiger partial charge on any atom is -0.356 e. The first-order valence-electron chi connectivity index (χ1n) is 7.81. The maximum absolute atomic E-state index is 6.11. The maximum Gasteiger partial charge on any atom is 0.147 e. The second-order valence-electron chi connectivity index (χ2n) is 6.80. The summed E-state index contributed by atoms with van der Waals surface area (Å²) >= 11 is 0. The van der Waals surface area contributed by atoms with Crippen LogP contribution in [0.4, 0.5) is 0 Å². The summed E-state index contributed by atoms with van der Waals surface area (Å²) in [7, 11) is 0. The lowest BCUT2D eigenvalue weighted by Crippen LogP contribution is -2.41. The molecule has 0 N–H and O–H groups in total. The highest BCUT2D eigenvalue weighted by Crippen LogP contribution is 2.41. The first-order chi connectivity index (χ1) is 9.00. The summed E-state index contributed by atoms with van der Waals surface area (Å²) in [6.07, 6.45) is 8.78. The van der Waals surface area contributed by atoms with Crippen molar-refractivity contribution in [1.82, 2.24) is 0 Å². The van der Waals surface area contributed by atoms with E-state index < -0.39 is 0 Å². The van der Waals surface area contributed by atoms with Crippen molar-refractivity contribution >= 4 is 0 Å². The summed E-state index contributed by atoms with van der Waals surface area (Å²) in [5.41, 5.74) is 0.165. The number of ether oxygens (including phenoxy) is 2. The fraction of sp³-hybridized carbons (Fsp3) is 0.882. The molecule has 19 heavy (non-hydrogen) atoms. The Morgan fingerprint density at radius 3 is 2.53 bits per heavy atom. The maximum atomic E-state index is 6.11. The van der Waals surface area contributed by atoms with Gasteiger partial charge in [0.1, 0.15) is 6.79 Å². The van der Waals surface area contributed by atoms with Crippen molar-refractivity contribution in [3.05, 3.63) is 12.7 Å². The molecule has 0 radical (unpaired) electrons. The molecule has 1 saturated carbocycles. The molecule has 0 spiro atoms. The van der Waals surface area contributed by atoms with Gasteiger partial charge in [0, 0.05) is 6.61 Å².